The van der Waals surface area contributed by atoms with E-state index in [0.717, 1.165) is 15.8 Å². The van der Waals surface area contributed by atoms with Crippen molar-refractivity contribution in [3.05, 3.63) is 53.3 Å². The summed E-state index contributed by atoms with van der Waals surface area (Å²) in [7, 11) is 0. The van der Waals surface area contributed by atoms with Gasteiger partial charge >= 0.3 is 5.97 Å². The SMILES string of the molecule is CCOC(=O)C1(NCc2ccc(F)cc2)CCN(c2ncc3ccsc3n2)C(Cl)C1. The second-order valence-electron chi connectivity index (χ2n) is 7.22. The minimum atomic E-state index is -0.930. The van der Waals surface area contributed by atoms with Gasteiger partial charge in [-0.25, -0.2) is 14.4 Å². The number of nitrogens with zero attached hydrogens (tertiary/aromatic N) is 3. The molecule has 1 N–H and O–H groups in total. The van der Waals surface area contributed by atoms with Gasteiger partial charge < -0.3 is 9.64 Å². The molecule has 0 amide bonds. The van der Waals surface area contributed by atoms with Crippen molar-refractivity contribution >= 4 is 45.1 Å². The second-order valence-corrected chi connectivity index (χ2v) is 8.61. The Morgan fingerprint density at radius 2 is 2.20 bits per heavy atom. The lowest BCUT2D eigenvalue weighted by Gasteiger charge is -2.43. The average molecular weight is 449 g/mol. The summed E-state index contributed by atoms with van der Waals surface area (Å²) in [6.07, 6.45) is 2.61. The van der Waals surface area contributed by atoms with Gasteiger partial charge in [0.05, 0.1) is 6.61 Å². The molecule has 3 heterocycles. The minimum Gasteiger partial charge on any atom is -0.465 e. The maximum atomic E-state index is 13.2. The summed E-state index contributed by atoms with van der Waals surface area (Å²) in [4.78, 5) is 24.8. The Hall–Kier alpha value is -2.29. The highest BCUT2D eigenvalue weighted by Gasteiger charge is 2.46. The number of carbonyl (C=O) groups is 1. The van der Waals surface area contributed by atoms with E-state index < -0.39 is 11.0 Å². The highest BCUT2D eigenvalue weighted by Crippen LogP contribution is 2.33. The first kappa shape index (κ1) is 21.0. The van der Waals surface area contributed by atoms with Gasteiger partial charge in [-0.3, -0.25) is 10.1 Å². The largest absolute Gasteiger partial charge is 0.465 e. The number of alkyl halides is 1. The van der Waals surface area contributed by atoms with E-state index >= 15 is 0 Å². The number of benzene rings is 1. The molecular formula is C21H22ClFN4O2S. The first-order chi connectivity index (χ1) is 14.5. The fraction of sp³-hybridized carbons (Fsp3) is 0.381. The third-order valence-electron chi connectivity index (χ3n) is 5.30. The Bertz CT molecular complexity index is 1030. The first-order valence-corrected chi connectivity index (χ1v) is 11.1. The van der Waals surface area contributed by atoms with Crippen molar-refractivity contribution in [2.45, 2.75) is 37.4 Å². The molecule has 1 saturated heterocycles. The van der Waals surface area contributed by atoms with Crippen LogP contribution < -0.4 is 10.2 Å². The van der Waals surface area contributed by atoms with Gasteiger partial charge in [-0.1, -0.05) is 23.7 Å². The standard InChI is InChI=1S/C21H22ClFN4O2S/c1-2-29-19(28)21(25-12-14-3-5-16(23)6-4-14)8-9-27(17(22)11-21)20-24-13-15-7-10-30-18(15)26-20/h3-7,10,13,17,25H,2,8-9,11-12H2,1H3. The van der Waals surface area contributed by atoms with E-state index in [0.29, 0.717) is 31.9 Å². The van der Waals surface area contributed by atoms with Crippen LogP contribution in [-0.4, -0.2) is 40.1 Å². The van der Waals surface area contributed by atoms with Crippen LogP contribution in [0.1, 0.15) is 25.3 Å². The molecule has 4 rings (SSSR count). The number of fused-ring (bicyclic) bond motifs is 1. The van der Waals surface area contributed by atoms with E-state index in [2.05, 4.69) is 15.3 Å². The predicted octanol–water partition coefficient (Wildman–Crippen LogP) is 4.09. The summed E-state index contributed by atoms with van der Waals surface area (Å²) < 4.78 is 18.5. The van der Waals surface area contributed by atoms with E-state index in [4.69, 9.17) is 16.3 Å². The van der Waals surface area contributed by atoms with E-state index in [-0.39, 0.29) is 18.4 Å². The first-order valence-electron chi connectivity index (χ1n) is 9.78. The average Bonchev–Trinajstić information content (AvgIpc) is 3.21. The number of anilines is 1. The van der Waals surface area contributed by atoms with Gasteiger partial charge in [-0.2, -0.15) is 0 Å². The van der Waals surface area contributed by atoms with Gasteiger partial charge in [0.25, 0.3) is 0 Å². The molecule has 9 heteroatoms. The molecular weight excluding hydrogens is 427 g/mol. The van der Waals surface area contributed by atoms with E-state index in [9.17, 15) is 9.18 Å². The Morgan fingerprint density at radius 1 is 1.40 bits per heavy atom. The highest BCUT2D eigenvalue weighted by molar-refractivity contribution is 7.16. The zero-order valence-electron chi connectivity index (χ0n) is 16.5. The summed E-state index contributed by atoms with van der Waals surface area (Å²) >= 11 is 8.28. The van der Waals surface area contributed by atoms with Crippen molar-refractivity contribution in [1.82, 2.24) is 15.3 Å². The summed E-state index contributed by atoms with van der Waals surface area (Å²) in [6.45, 7) is 2.97. The van der Waals surface area contributed by atoms with Crippen LogP contribution in [-0.2, 0) is 16.1 Å². The van der Waals surface area contributed by atoms with Crippen molar-refractivity contribution in [3.8, 4) is 0 Å². The van der Waals surface area contributed by atoms with Crippen molar-refractivity contribution < 1.29 is 13.9 Å². The molecule has 0 spiro atoms. The Balaban J connectivity index is 1.53. The smallest absolute Gasteiger partial charge is 0.326 e. The number of piperidine rings is 1. The molecule has 1 aliphatic heterocycles. The van der Waals surface area contributed by atoms with Crippen LogP contribution >= 0.6 is 22.9 Å². The molecule has 6 nitrogen and oxygen atoms in total. The second kappa shape index (κ2) is 8.83. The molecule has 0 saturated carbocycles. The van der Waals surface area contributed by atoms with Crippen molar-refractivity contribution in [3.63, 3.8) is 0 Å². The van der Waals surface area contributed by atoms with Gasteiger partial charge in [-0.15, -0.1) is 11.3 Å². The van der Waals surface area contributed by atoms with Crippen LogP contribution in [0.3, 0.4) is 0 Å². The number of ether oxygens (including phenoxy) is 1. The minimum absolute atomic E-state index is 0.285. The van der Waals surface area contributed by atoms with E-state index in [1.807, 2.05) is 16.3 Å². The Morgan fingerprint density at radius 3 is 2.93 bits per heavy atom. The number of nitrogens with one attached hydrogen (secondary N) is 1. The topological polar surface area (TPSA) is 67.3 Å². The highest BCUT2D eigenvalue weighted by atomic mass is 35.5. The monoisotopic (exact) mass is 448 g/mol. The molecule has 0 radical (unpaired) electrons. The molecule has 2 unspecified atom stereocenters. The fourth-order valence-corrected chi connectivity index (χ4v) is 4.81. The predicted molar refractivity (Wildman–Crippen MR) is 116 cm³/mol. The fourth-order valence-electron chi connectivity index (χ4n) is 3.62. The van der Waals surface area contributed by atoms with Crippen LogP contribution in [0, 0.1) is 5.82 Å². The molecule has 3 aromatic rings. The summed E-state index contributed by atoms with van der Waals surface area (Å²) in [5, 5.41) is 6.31. The molecule has 0 bridgehead atoms. The van der Waals surface area contributed by atoms with Gasteiger partial charge in [0.1, 0.15) is 21.7 Å². The Labute approximate surface area is 183 Å². The van der Waals surface area contributed by atoms with Crippen LogP contribution in [0.5, 0.6) is 0 Å². The lowest BCUT2D eigenvalue weighted by molar-refractivity contribution is -0.152. The van der Waals surface area contributed by atoms with Gasteiger partial charge in [-0.05, 0) is 42.5 Å². The molecule has 2 aromatic heterocycles. The van der Waals surface area contributed by atoms with E-state index in [1.54, 1.807) is 36.6 Å². The van der Waals surface area contributed by atoms with Crippen LogP contribution in [0.25, 0.3) is 10.2 Å². The molecule has 1 fully saturated rings. The lowest BCUT2D eigenvalue weighted by Crippen LogP contribution is -2.61. The number of hydrogen-bond donors (Lipinski definition) is 1. The molecule has 1 aromatic carbocycles. The van der Waals surface area contributed by atoms with Gasteiger partial charge in [0, 0.05) is 31.1 Å². The van der Waals surface area contributed by atoms with Crippen molar-refractivity contribution in [2.24, 2.45) is 0 Å². The number of thiophene rings is 1. The third-order valence-corrected chi connectivity index (χ3v) is 6.51. The maximum absolute atomic E-state index is 13.2. The molecule has 1 aliphatic rings. The summed E-state index contributed by atoms with van der Waals surface area (Å²) in [5.74, 6) is -0.0660. The molecule has 158 valence electrons. The number of esters is 1. The van der Waals surface area contributed by atoms with Gasteiger partial charge in [0.15, 0.2) is 0 Å². The van der Waals surface area contributed by atoms with Crippen molar-refractivity contribution in [2.75, 3.05) is 18.1 Å². The zero-order chi connectivity index (χ0) is 21.1. The summed E-state index contributed by atoms with van der Waals surface area (Å²) in [5.41, 5.74) is -0.540. The normalized spacial score (nSPS) is 21.7. The van der Waals surface area contributed by atoms with Crippen LogP contribution in [0.4, 0.5) is 10.3 Å². The zero-order valence-corrected chi connectivity index (χ0v) is 18.0. The molecule has 2 atom stereocenters. The van der Waals surface area contributed by atoms with Crippen LogP contribution in [0.2, 0.25) is 0 Å². The number of halogens is 2. The van der Waals surface area contributed by atoms with Crippen LogP contribution in [0.15, 0.2) is 41.9 Å². The molecule has 30 heavy (non-hydrogen) atoms. The third kappa shape index (κ3) is 4.26. The molecule has 0 aliphatic carbocycles. The van der Waals surface area contributed by atoms with Crippen molar-refractivity contribution in [1.29, 1.82) is 0 Å². The van der Waals surface area contributed by atoms with E-state index in [1.165, 1.54) is 12.1 Å². The van der Waals surface area contributed by atoms with Gasteiger partial charge in [0.2, 0.25) is 5.95 Å². The quantitative estimate of drug-likeness (QED) is 0.348. The lowest BCUT2D eigenvalue weighted by atomic mass is 9.87. The number of rotatable bonds is 6. The summed E-state index contributed by atoms with van der Waals surface area (Å²) in [6, 6.07) is 8.17. The Kier molecular flexibility index (Phi) is 6.17. The number of hydrogen-bond acceptors (Lipinski definition) is 7. The number of carbonyl (C=O) groups excluding carboxylic acids is 1. The maximum Gasteiger partial charge on any atom is 0.326 e. The number of aromatic nitrogens is 2.